The third-order valence-corrected chi connectivity index (χ3v) is 4.97. The standard InChI is InChI=1S/C17H23ClN4S/c1-4-15-12(2)23-16(22-15)9-10-20-17(19-3)21-11-13-7-5-6-8-14(13)18/h5-8H,4,9-11H2,1-3H3,(H2,19,20,21). The van der Waals surface area contributed by atoms with Crippen LogP contribution in [0.3, 0.4) is 0 Å². The Kier molecular flexibility index (Phi) is 6.86. The molecule has 0 atom stereocenters. The van der Waals surface area contributed by atoms with E-state index in [2.05, 4.69) is 34.5 Å². The molecule has 0 saturated carbocycles. The summed E-state index contributed by atoms with van der Waals surface area (Å²) in [4.78, 5) is 10.2. The van der Waals surface area contributed by atoms with Crippen LogP contribution in [0.15, 0.2) is 29.3 Å². The highest BCUT2D eigenvalue weighted by atomic mass is 35.5. The molecule has 1 aromatic carbocycles. The number of rotatable bonds is 6. The predicted molar refractivity (Wildman–Crippen MR) is 99.6 cm³/mol. The van der Waals surface area contributed by atoms with Crippen LogP contribution in [0.1, 0.15) is 28.1 Å². The number of halogens is 1. The van der Waals surface area contributed by atoms with Crippen LogP contribution in [0.5, 0.6) is 0 Å². The van der Waals surface area contributed by atoms with E-state index in [0.29, 0.717) is 6.54 Å². The molecule has 0 bridgehead atoms. The summed E-state index contributed by atoms with van der Waals surface area (Å²) in [5.41, 5.74) is 2.27. The van der Waals surface area contributed by atoms with Gasteiger partial charge in [-0.1, -0.05) is 36.7 Å². The largest absolute Gasteiger partial charge is 0.356 e. The van der Waals surface area contributed by atoms with Crippen molar-refractivity contribution in [2.75, 3.05) is 13.6 Å². The highest BCUT2D eigenvalue weighted by molar-refractivity contribution is 7.11. The Balaban J connectivity index is 1.80. The summed E-state index contributed by atoms with van der Waals surface area (Å²) in [5, 5.41) is 8.53. The lowest BCUT2D eigenvalue weighted by Crippen LogP contribution is -2.37. The minimum atomic E-state index is 0.649. The van der Waals surface area contributed by atoms with Gasteiger partial charge in [0.15, 0.2) is 5.96 Å². The molecule has 6 heteroatoms. The number of aryl methyl sites for hydroxylation is 2. The molecule has 0 aliphatic carbocycles. The molecule has 124 valence electrons. The van der Waals surface area contributed by atoms with Crippen LogP contribution in [0.25, 0.3) is 0 Å². The lowest BCUT2D eigenvalue weighted by Gasteiger charge is -2.12. The van der Waals surface area contributed by atoms with Crippen molar-refractivity contribution < 1.29 is 0 Å². The molecule has 0 aliphatic heterocycles. The fraction of sp³-hybridized carbons (Fsp3) is 0.412. The van der Waals surface area contributed by atoms with Crippen molar-refractivity contribution in [1.29, 1.82) is 0 Å². The second-order valence-corrected chi connectivity index (χ2v) is 6.85. The topological polar surface area (TPSA) is 49.3 Å². The van der Waals surface area contributed by atoms with Crippen molar-refractivity contribution in [2.24, 2.45) is 4.99 Å². The predicted octanol–water partition coefficient (Wildman–Crippen LogP) is 3.58. The molecular weight excluding hydrogens is 328 g/mol. The lowest BCUT2D eigenvalue weighted by atomic mass is 10.2. The van der Waals surface area contributed by atoms with Crippen LogP contribution in [0.4, 0.5) is 0 Å². The molecule has 0 unspecified atom stereocenters. The normalized spacial score (nSPS) is 11.6. The van der Waals surface area contributed by atoms with E-state index in [1.807, 2.05) is 24.3 Å². The number of aromatic nitrogens is 1. The number of nitrogens with zero attached hydrogens (tertiary/aromatic N) is 2. The van der Waals surface area contributed by atoms with Gasteiger partial charge in [0.25, 0.3) is 0 Å². The third kappa shape index (κ3) is 5.22. The molecule has 1 heterocycles. The Morgan fingerprint density at radius 2 is 2.09 bits per heavy atom. The molecule has 0 saturated heterocycles. The number of hydrogen-bond donors (Lipinski definition) is 2. The Labute approximate surface area is 147 Å². The Morgan fingerprint density at radius 1 is 1.30 bits per heavy atom. The first kappa shape index (κ1) is 17.8. The van der Waals surface area contributed by atoms with Gasteiger partial charge < -0.3 is 10.6 Å². The summed E-state index contributed by atoms with van der Waals surface area (Å²) in [6.07, 6.45) is 1.90. The summed E-state index contributed by atoms with van der Waals surface area (Å²) in [7, 11) is 1.77. The Bertz CT molecular complexity index is 666. The van der Waals surface area contributed by atoms with Gasteiger partial charge in [-0.2, -0.15) is 0 Å². The first-order valence-corrected chi connectivity index (χ1v) is 8.96. The average Bonchev–Trinajstić information content (AvgIpc) is 2.92. The molecule has 4 nitrogen and oxygen atoms in total. The number of benzene rings is 1. The SMILES string of the molecule is CCc1nc(CCNC(=NC)NCc2ccccc2Cl)sc1C. The van der Waals surface area contributed by atoms with E-state index >= 15 is 0 Å². The first-order chi connectivity index (χ1) is 11.1. The number of aliphatic imine (C=N–C) groups is 1. The molecule has 1 aromatic heterocycles. The Hall–Kier alpha value is -1.59. The summed E-state index contributed by atoms with van der Waals surface area (Å²) < 4.78 is 0. The van der Waals surface area contributed by atoms with E-state index in [1.165, 1.54) is 15.6 Å². The summed E-state index contributed by atoms with van der Waals surface area (Å²) in [5.74, 6) is 0.772. The monoisotopic (exact) mass is 350 g/mol. The molecule has 0 spiro atoms. The van der Waals surface area contributed by atoms with Gasteiger partial charge in [0.1, 0.15) is 0 Å². The van der Waals surface area contributed by atoms with Crippen LogP contribution in [0.2, 0.25) is 5.02 Å². The van der Waals surface area contributed by atoms with E-state index < -0.39 is 0 Å². The van der Waals surface area contributed by atoms with Gasteiger partial charge in [-0.05, 0) is 25.0 Å². The molecule has 2 rings (SSSR count). The zero-order valence-corrected chi connectivity index (χ0v) is 15.4. The van der Waals surface area contributed by atoms with Crippen molar-refractivity contribution >= 4 is 28.9 Å². The van der Waals surface area contributed by atoms with Crippen LogP contribution in [0, 0.1) is 6.92 Å². The van der Waals surface area contributed by atoms with Gasteiger partial charge in [-0.15, -0.1) is 11.3 Å². The van der Waals surface area contributed by atoms with Gasteiger partial charge in [-0.25, -0.2) is 4.98 Å². The van der Waals surface area contributed by atoms with Crippen molar-refractivity contribution in [1.82, 2.24) is 15.6 Å². The van der Waals surface area contributed by atoms with Gasteiger partial charge >= 0.3 is 0 Å². The number of thiazole rings is 1. The second-order valence-electron chi connectivity index (χ2n) is 5.16. The average molecular weight is 351 g/mol. The van der Waals surface area contributed by atoms with E-state index in [-0.39, 0.29) is 0 Å². The zero-order valence-electron chi connectivity index (χ0n) is 13.8. The molecular formula is C17H23ClN4S. The fourth-order valence-electron chi connectivity index (χ4n) is 2.25. The molecule has 2 N–H and O–H groups in total. The third-order valence-electron chi connectivity index (χ3n) is 3.53. The second kappa shape index (κ2) is 8.89. The number of guanidine groups is 1. The molecule has 0 aliphatic rings. The molecule has 2 aromatic rings. The van der Waals surface area contributed by atoms with Crippen molar-refractivity contribution in [3.8, 4) is 0 Å². The molecule has 0 fully saturated rings. The van der Waals surface area contributed by atoms with Crippen LogP contribution < -0.4 is 10.6 Å². The molecule has 0 amide bonds. The number of nitrogens with one attached hydrogen (secondary N) is 2. The number of hydrogen-bond acceptors (Lipinski definition) is 3. The van der Waals surface area contributed by atoms with Gasteiger partial charge in [0, 0.05) is 36.5 Å². The maximum absolute atomic E-state index is 6.16. The minimum absolute atomic E-state index is 0.649. The highest BCUT2D eigenvalue weighted by Crippen LogP contribution is 2.18. The lowest BCUT2D eigenvalue weighted by molar-refractivity contribution is 0.789. The summed E-state index contributed by atoms with van der Waals surface area (Å²) >= 11 is 7.94. The van der Waals surface area contributed by atoms with E-state index in [9.17, 15) is 0 Å². The first-order valence-electron chi connectivity index (χ1n) is 7.77. The van der Waals surface area contributed by atoms with Crippen molar-refractivity contribution in [3.63, 3.8) is 0 Å². The van der Waals surface area contributed by atoms with Crippen molar-refractivity contribution in [3.05, 3.63) is 50.4 Å². The van der Waals surface area contributed by atoms with Crippen LogP contribution in [-0.4, -0.2) is 24.5 Å². The summed E-state index contributed by atoms with van der Waals surface area (Å²) in [6.45, 7) is 5.73. The minimum Gasteiger partial charge on any atom is -0.356 e. The fourth-order valence-corrected chi connectivity index (χ4v) is 3.48. The van der Waals surface area contributed by atoms with Gasteiger partial charge in [-0.3, -0.25) is 4.99 Å². The zero-order chi connectivity index (χ0) is 16.7. The quantitative estimate of drug-likeness (QED) is 0.618. The maximum Gasteiger partial charge on any atom is 0.191 e. The van der Waals surface area contributed by atoms with Gasteiger partial charge in [0.05, 0.1) is 10.7 Å². The smallest absolute Gasteiger partial charge is 0.191 e. The van der Waals surface area contributed by atoms with E-state index in [0.717, 1.165) is 35.9 Å². The van der Waals surface area contributed by atoms with Crippen molar-refractivity contribution in [2.45, 2.75) is 33.2 Å². The molecule has 23 heavy (non-hydrogen) atoms. The van der Waals surface area contributed by atoms with Crippen LogP contribution >= 0.6 is 22.9 Å². The van der Waals surface area contributed by atoms with E-state index in [1.54, 1.807) is 18.4 Å². The van der Waals surface area contributed by atoms with E-state index in [4.69, 9.17) is 11.6 Å². The van der Waals surface area contributed by atoms with Crippen LogP contribution in [-0.2, 0) is 19.4 Å². The van der Waals surface area contributed by atoms with Gasteiger partial charge in [0.2, 0.25) is 0 Å². The molecule has 0 radical (unpaired) electrons. The highest BCUT2D eigenvalue weighted by Gasteiger charge is 2.06. The summed E-state index contributed by atoms with van der Waals surface area (Å²) in [6, 6.07) is 7.81. The Morgan fingerprint density at radius 3 is 2.74 bits per heavy atom. The maximum atomic E-state index is 6.16.